The molecule has 0 spiro atoms. The van der Waals surface area contributed by atoms with Crippen molar-refractivity contribution in [3.05, 3.63) is 17.5 Å². The van der Waals surface area contributed by atoms with Gasteiger partial charge in [-0.15, -0.1) is 0 Å². The first-order chi connectivity index (χ1) is 7.78. The lowest BCUT2D eigenvalue weighted by molar-refractivity contribution is 0.0688. The topological polar surface area (TPSA) is 72.3 Å². The number of aromatic carboxylic acids is 1. The second-order valence-electron chi connectivity index (χ2n) is 5.14. The van der Waals surface area contributed by atoms with Gasteiger partial charge in [-0.1, -0.05) is 20.8 Å². The monoisotopic (exact) mass is 238 g/mol. The highest BCUT2D eigenvalue weighted by atomic mass is 16.5. The summed E-state index contributed by atoms with van der Waals surface area (Å²) in [7, 11) is 0. The molecule has 0 radical (unpaired) electrons. The Balaban J connectivity index is 2.68. The molecule has 1 aromatic heterocycles. The number of hydrogen-bond acceptors (Lipinski definition) is 4. The van der Waals surface area contributed by atoms with Crippen LogP contribution < -0.4 is 4.74 Å². The van der Waals surface area contributed by atoms with Gasteiger partial charge in [-0.3, -0.25) is 0 Å². The Kier molecular flexibility index (Phi) is 4.04. The van der Waals surface area contributed by atoms with Crippen LogP contribution in [0.2, 0.25) is 0 Å². The van der Waals surface area contributed by atoms with Crippen molar-refractivity contribution in [2.75, 3.05) is 6.61 Å². The van der Waals surface area contributed by atoms with Crippen molar-refractivity contribution in [3.8, 4) is 6.01 Å². The number of hydrogen-bond donors (Lipinski definition) is 1. The molecule has 0 unspecified atom stereocenters. The number of carboxylic acid groups (broad SMARTS) is 1. The normalized spacial score (nSPS) is 11.3. The molecular weight excluding hydrogens is 220 g/mol. The van der Waals surface area contributed by atoms with Crippen LogP contribution in [0.3, 0.4) is 0 Å². The third-order valence-electron chi connectivity index (χ3n) is 2.14. The maximum atomic E-state index is 10.8. The van der Waals surface area contributed by atoms with Crippen molar-refractivity contribution >= 4 is 5.97 Å². The second-order valence-corrected chi connectivity index (χ2v) is 5.14. The van der Waals surface area contributed by atoms with E-state index in [0.29, 0.717) is 12.3 Å². The molecule has 1 N–H and O–H groups in total. The van der Waals surface area contributed by atoms with Crippen molar-refractivity contribution in [2.24, 2.45) is 5.41 Å². The first kappa shape index (κ1) is 13.4. The van der Waals surface area contributed by atoms with Gasteiger partial charge in [0.1, 0.15) is 0 Å². The number of aromatic nitrogens is 2. The van der Waals surface area contributed by atoms with E-state index in [4.69, 9.17) is 9.84 Å². The Morgan fingerprint density at radius 3 is 2.59 bits per heavy atom. The van der Waals surface area contributed by atoms with E-state index in [9.17, 15) is 4.79 Å². The highest BCUT2D eigenvalue weighted by Gasteiger charge is 2.12. The van der Waals surface area contributed by atoms with E-state index < -0.39 is 5.97 Å². The molecule has 0 bridgehead atoms. The number of carboxylic acids is 1. The Morgan fingerprint density at radius 2 is 2.06 bits per heavy atom. The minimum atomic E-state index is -1.07. The van der Waals surface area contributed by atoms with Crippen LogP contribution in [0.25, 0.3) is 0 Å². The van der Waals surface area contributed by atoms with Gasteiger partial charge in [-0.05, 0) is 24.8 Å². The van der Waals surface area contributed by atoms with Crippen LogP contribution in [-0.2, 0) is 0 Å². The van der Waals surface area contributed by atoms with E-state index in [1.807, 2.05) is 0 Å². The molecule has 94 valence electrons. The van der Waals surface area contributed by atoms with Gasteiger partial charge >= 0.3 is 12.0 Å². The Bertz CT molecular complexity index is 411. The fourth-order valence-electron chi connectivity index (χ4n) is 1.16. The van der Waals surface area contributed by atoms with Gasteiger partial charge in [-0.25, -0.2) is 9.78 Å². The van der Waals surface area contributed by atoms with Crippen LogP contribution in [0.15, 0.2) is 6.07 Å². The molecule has 0 saturated heterocycles. The fourth-order valence-corrected chi connectivity index (χ4v) is 1.16. The fraction of sp³-hybridized carbons (Fsp3) is 0.583. The van der Waals surface area contributed by atoms with Crippen molar-refractivity contribution in [2.45, 2.75) is 34.1 Å². The van der Waals surface area contributed by atoms with Gasteiger partial charge in [-0.2, -0.15) is 4.98 Å². The number of ether oxygens (including phenoxy) is 1. The Morgan fingerprint density at radius 1 is 1.41 bits per heavy atom. The summed E-state index contributed by atoms with van der Waals surface area (Å²) in [6.07, 6.45) is 0.854. The van der Waals surface area contributed by atoms with E-state index in [1.165, 1.54) is 6.07 Å². The molecule has 0 atom stereocenters. The summed E-state index contributed by atoms with van der Waals surface area (Å²) < 4.78 is 5.37. The van der Waals surface area contributed by atoms with E-state index in [2.05, 4.69) is 30.7 Å². The van der Waals surface area contributed by atoms with Crippen LogP contribution in [-0.4, -0.2) is 27.7 Å². The Labute approximate surface area is 101 Å². The summed E-state index contributed by atoms with van der Waals surface area (Å²) in [5.74, 6) is -1.07. The highest BCUT2D eigenvalue weighted by Crippen LogP contribution is 2.18. The van der Waals surface area contributed by atoms with Gasteiger partial charge in [0.05, 0.1) is 6.61 Å². The average Bonchev–Trinajstić information content (AvgIpc) is 2.14. The zero-order valence-corrected chi connectivity index (χ0v) is 10.6. The predicted octanol–water partition coefficient (Wildman–Crippen LogP) is 2.30. The first-order valence-electron chi connectivity index (χ1n) is 5.50. The smallest absolute Gasteiger partial charge is 0.354 e. The molecule has 0 aliphatic rings. The molecule has 0 fully saturated rings. The molecule has 1 heterocycles. The molecule has 5 nitrogen and oxygen atoms in total. The summed E-state index contributed by atoms with van der Waals surface area (Å²) >= 11 is 0. The predicted molar refractivity (Wildman–Crippen MR) is 63.3 cm³/mol. The average molecular weight is 238 g/mol. The zero-order valence-electron chi connectivity index (χ0n) is 10.6. The molecule has 0 amide bonds. The zero-order chi connectivity index (χ0) is 13.1. The summed E-state index contributed by atoms with van der Waals surface area (Å²) in [5, 5.41) is 8.84. The summed E-state index contributed by atoms with van der Waals surface area (Å²) in [6, 6.07) is 1.55. The summed E-state index contributed by atoms with van der Waals surface area (Å²) in [5.41, 5.74) is 0.714. The molecule has 1 rings (SSSR count). The minimum Gasteiger partial charge on any atom is -0.477 e. The molecule has 17 heavy (non-hydrogen) atoms. The quantitative estimate of drug-likeness (QED) is 0.871. The lowest BCUT2D eigenvalue weighted by atomic mass is 9.93. The van der Waals surface area contributed by atoms with Crippen LogP contribution in [0.1, 0.15) is 43.4 Å². The van der Waals surface area contributed by atoms with E-state index in [-0.39, 0.29) is 17.1 Å². The molecule has 0 aromatic carbocycles. The van der Waals surface area contributed by atoms with Gasteiger partial charge in [0.15, 0.2) is 5.69 Å². The van der Waals surface area contributed by atoms with Crippen LogP contribution in [0.4, 0.5) is 0 Å². The number of carbonyl (C=O) groups is 1. The van der Waals surface area contributed by atoms with Crippen molar-refractivity contribution in [3.63, 3.8) is 0 Å². The summed E-state index contributed by atoms with van der Waals surface area (Å²) in [4.78, 5) is 18.7. The van der Waals surface area contributed by atoms with Crippen LogP contribution in [0, 0.1) is 12.3 Å². The minimum absolute atomic E-state index is 0.0386. The molecule has 5 heteroatoms. The third kappa shape index (κ3) is 4.80. The van der Waals surface area contributed by atoms with Crippen LogP contribution >= 0.6 is 0 Å². The molecular formula is C12H18N2O3. The van der Waals surface area contributed by atoms with E-state index >= 15 is 0 Å². The van der Waals surface area contributed by atoms with Gasteiger partial charge in [0, 0.05) is 5.69 Å². The number of rotatable bonds is 4. The second kappa shape index (κ2) is 5.12. The van der Waals surface area contributed by atoms with E-state index in [1.54, 1.807) is 6.92 Å². The first-order valence-corrected chi connectivity index (χ1v) is 5.50. The van der Waals surface area contributed by atoms with Crippen LogP contribution in [0.5, 0.6) is 6.01 Å². The third-order valence-corrected chi connectivity index (χ3v) is 2.14. The molecule has 0 aliphatic carbocycles. The van der Waals surface area contributed by atoms with Crippen molar-refractivity contribution in [1.29, 1.82) is 0 Å². The van der Waals surface area contributed by atoms with Gasteiger partial charge < -0.3 is 9.84 Å². The van der Waals surface area contributed by atoms with Gasteiger partial charge in [0.2, 0.25) is 0 Å². The lowest BCUT2D eigenvalue weighted by Crippen LogP contribution is -2.13. The number of nitrogens with zero attached hydrogens (tertiary/aromatic N) is 2. The number of aryl methyl sites for hydroxylation is 1. The molecule has 1 aromatic rings. The Hall–Kier alpha value is -1.65. The maximum absolute atomic E-state index is 10.8. The summed E-state index contributed by atoms with van der Waals surface area (Å²) in [6.45, 7) is 8.51. The van der Waals surface area contributed by atoms with Gasteiger partial charge in [0.25, 0.3) is 0 Å². The SMILES string of the molecule is Cc1cc(C(=O)O)nc(OCCC(C)(C)C)n1. The standard InChI is InChI=1S/C12H18N2O3/c1-8-7-9(10(15)16)14-11(13-8)17-6-5-12(2,3)4/h7H,5-6H2,1-4H3,(H,15,16). The largest absolute Gasteiger partial charge is 0.477 e. The maximum Gasteiger partial charge on any atom is 0.354 e. The lowest BCUT2D eigenvalue weighted by Gasteiger charge is -2.17. The van der Waals surface area contributed by atoms with Crippen molar-refractivity contribution in [1.82, 2.24) is 9.97 Å². The molecule has 0 aliphatic heterocycles. The molecule has 0 saturated carbocycles. The highest BCUT2D eigenvalue weighted by molar-refractivity contribution is 5.85. The van der Waals surface area contributed by atoms with E-state index in [0.717, 1.165) is 6.42 Å². The van der Waals surface area contributed by atoms with Crippen molar-refractivity contribution < 1.29 is 14.6 Å².